The molecule has 2 aromatic rings. The molecule has 2 aromatic carbocycles. The van der Waals surface area contributed by atoms with Gasteiger partial charge in [-0.2, -0.15) is 0 Å². The second-order valence-electron chi connectivity index (χ2n) is 5.16. The van der Waals surface area contributed by atoms with Crippen LogP contribution in [0, 0.1) is 0 Å². The Hall–Kier alpha value is -1.92. The van der Waals surface area contributed by atoms with Crippen LogP contribution in [0.1, 0.15) is 95.4 Å². The molecule has 30 heavy (non-hydrogen) atoms. The van der Waals surface area contributed by atoms with Gasteiger partial charge in [-0.05, 0) is 61.6 Å². The van der Waals surface area contributed by atoms with Crippen molar-refractivity contribution < 1.29 is 54.3 Å². The minimum Gasteiger partial charge on any atom is -0.508 e. The van der Waals surface area contributed by atoms with Crippen LogP contribution in [0.3, 0.4) is 0 Å². The molecular weight excluding hydrogens is 378 g/mol. The van der Waals surface area contributed by atoms with Crippen LogP contribution in [0.2, 0.25) is 0 Å². The molecule has 5 heteroatoms. The predicted octanol–water partition coefficient (Wildman–Crippen LogP) is 4.11. The number of phenols is 1. The van der Waals surface area contributed by atoms with Gasteiger partial charge < -0.3 is 25.4 Å². The first-order valence-corrected chi connectivity index (χ1v) is 8.40. The maximum atomic E-state index is 10.8. The predicted molar refractivity (Wildman–Crippen MR) is 121 cm³/mol. The summed E-state index contributed by atoms with van der Waals surface area (Å²) in [6.45, 7) is -16.7. The van der Waals surface area contributed by atoms with Gasteiger partial charge in [0.05, 0.1) is 30.5 Å². The summed E-state index contributed by atoms with van der Waals surface area (Å²) >= 11 is 0. The first-order chi connectivity index (χ1) is 24.1. The van der Waals surface area contributed by atoms with Crippen LogP contribution in [0.15, 0.2) is 48.4 Å². The first-order valence-electron chi connectivity index (χ1n) is 20.9. The van der Waals surface area contributed by atoms with Crippen molar-refractivity contribution in [2.24, 2.45) is 0 Å². The van der Waals surface area contributed by atoms with Gasteiger partial charge in [-0.1, -0.05) is 49.1 Å². The first kappa shape index (κ1) is 7.04. The third-order valence-electron chi connectivity index (χ3n) is 3.08. The van der Waals surface area contributed by atoms with Crippen LogP contribution in [0.4, 0.5) is 0 Å². The number of rotatable bonds is 16. The van der Waals surface area contributed by atoms with Crippen molar-refractivity contribution >= 4 is 0 Å². The maximum absolute atomic E-state index is 10.8. The smallest absolute Gasteiger partial charge is 0.121 e. The summed E-state index contributed by atoms with van der Waals surface area (Å²) in [6, 6.07) is -4.66. The van der Waals surface area contributed by atoms with Gasteiger partial charge in [-0.25, -0.2) is 0 Å². The van der Waals surface area contributed by atoms with Crippen molar-refractivity contribution in [1.29, 1.82) is 0 Å². The van der Waals surface area contributed by atoms with E-state index in [1.807, 2.05) is 0 Å². The van der Waals surface area contributed by atoms with Gasteiger partial charge in [0, 0.05) is 41.7 Å². The van der Waals surface area contributed by atoms with Gasteiger partial charge in [0.2, 0.25) is 0 Å². The highest BCUT2D eigenvalue weighted by atomic mass is 16.5. The minimum atomic E-state index is -4.27. The Morgan fingerprint density at radius 1 is 1.07 bits per heavy atom. The maximum Gasteiger partial charge on any atom is 0.121 e. The van der Waals surface area contributed by atoms with Crippen LogP contribution in [-0.4, -0.2) is 41.5 Å². The van der Waals surface area contributed by atoms with E-state index in [9.17, 15) is 15.3 Å². The van der Waals surface area contributed by atoms with Gasteiger partial charge in [0.25, 0.3) is 0 Å². The zero-order chi connectivity index (χ0) is 43.7. The number of aliphatic hydroxyl groups is 2. The highest BCUT2D eigenvalue weighted by Crippen LogP contribution is 2.22. The van der Waals surface area contributed by atoms with E-state index >= 15 is 0 Å². The fraction of sp³-hybridized carbons (Fsp3) is 0.520. The zero-order valence-electron chi connectivity index (χ0n) is 40.5. The highest BCUT2D eigenvalue weighted by Gasteiger charge is 2.09. The summed E-state index contributed by atoms with van der Waals surface area (Å²) in [6.07, 6.45) is -25.1. The normalized spacial score (nSPS) is 29.7. The second kappa shape index (κ2) is 15.0. The van der Waals surface area contributed by atoms with Crippen LogP contribution < -0.4 is 5.32 Å². The third kappa shape index (κ3) is 9.72. The van der Waals surface area contributed by atoms with Crippen LogP contribution in [-0.2, 0) is 17.7 Å². The Morgan fingerprint density at radius 2 is 1.83 bits per heavy atom. The van der Waals surface area contributed by atoms with Crippen molar-refractivity contribution in [1.82, 2.24) is 5.32 Å². The molecule has 166 valence electrons. The molecule has 2 rings (SSSR count). The molecule has 0 amide bonds. The van der Waals surface area contributed by atoms with E-state index in [1.165, 1.54) is 0 Å². The van der Waals surface area contributed by atoms with Gasteiger partial charge in [-0.3, -0.25) is 0 Å². The molecule has 0 spiro atoms. The zero-order valence-corrected chi connectivity index (χ0v) is 15.5. The molecule has 0 fully saturated rings. The molecule has 0 aliphatic heterocycles. The van der Waals surface area contributed by atoms with Crippen LogP contribution in [0.5, 0.6) is 5.75 Å². The fourth-order valence-electron chi connectivity index (χ4n) is 1.73. The molecule has 0 saturated heterocycles. The molecule has 1 unspecified atom stereocenters. The SMILES string of the molecule is [2H]c1cc([2H])c(C([2H])([2H])C([2H])([2H])C([2H])([2H])C([2H])([2H])OC([2H])([2H])C([2H])([2H])CCC([2H])([2H])C([2H])([2H])NCC([2H])(O)c2c([2H])c([2H])c(O)c(C([2H])([2H])O)c2[2H])c([2H])c1. The average Bonchev–Trinajstić information content (AvgIpc) is 2.95. The van der Waals surface area contributed by atoms with E-state index < -0.39 is 142 Å². The molecular formula is C25H37NO4. The van der Waals surface area contributed by atoms with E-state index in [1.54, 1.807) is 5.32 Å². The van der Waals surface area contributed by atoms with Crippen molar-refractivity contribution in [3.8, 4) is 5.75 Å². The molecule has 0 aromatic heterocycles. The summed E-state index contributed by atoms with van der Waals surface area (Å²) < 4.78 is 206. The second-order valence-corrected chi connectivity index (χ2v) is 5.16. The molecule has 5 nitrogen and oxygen atoms in total. The summed E-state index contributed by atoms with van der Waals surface area (Å²) in [5.41, 5.74) is -3.63. The number of aromatic hydroxyl groups is 1. The quantitative estimate of drug-likeness (QED) is 0.316. The Bertz CT molecular complexity index is 1730. The Balaban J connectivity index is 2.36. The van der Waals surface area contributed by atoms with Crippen LogP contribution >= 0.6 is 0 Å². The van der Waals surface area contributed by atoms with Gasteiger partial charge in [0.1, 0.15) is 5.75 Å². The highest BCUT2D eigenvalue weighted by molar-refractivity contribution is 5.36. The number of benzene rings is 2. The van der Waals surface area contributed by atoms with E-state index in [0.717, 1.165) is 0 Å². The monoisotopic (exact) mass is 440 g/mol. The third-order valence-corrected chi connectivity index (χ3v) is 3.08. The summed E-state index contributed by atoms with van der Waals surface area (Å²) in [5, 5.41) is 32.3. The van der Waals surface area contributed by atoms with Crippen molar-refractivity contribution in [2.75, 3.05) is 26.2 Å². The Kier molecular flexibility index (Phi) is 3.51. The summed E-state index contributed by atoms with van der Waals surface area (Å²) in [7, 11) is 0. The lowest BCUT2D eigenvalue weighted by atomic mass is 10.1. The molecule has 4 N–H and O–H groups in total. The Morgan fingerprint density at radius 3 is 2.63 bits per heavy atom. The van der Waals surface area contributed by atoms with E-state index in [4.69, 9.17) is 34.3 Å². The summed E-state index contributed by atoms with van der Waals surface area (Å²) in [4.78, 5) is 0. The molecule has 0 radical (unpaired) electrons. The molecule has 0 aliphatic carbocycles. The van der Waals surface area contributed by atoms with E-state index in [2.05, 4.69) is 4.74 Å². The minimum absolute atomic E-state index is 0.453. The van der Waals surface area contributed by atoms with Crippen molar-refractivity contribution in [3.05, 3.63) is 65.1 Å². The van der Waals surface area contributed by atoms with Crippen LogP contribution in [0.25, 0.3) is 0 Å². The lowest BCUT2D eigenvalue weighted by Gasteiger charge is -2.14. The number of nitrogens with one attached hydrogen (secondary N) is 1. The van der Waals surface area contributed by atoms with Gasteiger partial charge >= 0.3 is 0 Å². The molecule has 0 heterocycles. The largest absolute Gasteiger partial charge is 0.508 e. The van der Waals surface area contributed by atoms with E-state index in [0.29, 0.717) is 12.1 Å². The van der Waals surface area contributed by atoms with Crippen molar-refractivity contribution in [2.45, 2.75) is 57.3 Å². The lowest BCUT2D eigenvalue weighted by Crippen LogP contribution is -2.22. The molecule has 0 bridgehead atoms. The number of ether oxygens (including phenoxy) is 1. The average molecular weight is 441 g/mol. The van der Waals surface area contributed by atoms with Gasteiger partial charge in [0.15, 0.2) is 0 Å². The molecule has 1 atom stereocenters. The standard InChI is InChI=1S/C25H37NO4/c27-20-23-18-22(13-14-24(23)28)25(29)19-26-15-7-1-2-8-16-30-17-9-6-12-21-10-4-3-5-11-21/h3-5,10-11,13-14,18,25-29H,1-2,6-9,12,15-17,19-20H2/i3D,6D2,7D2,8D2,9D2,10D,11D,12D2,13D,14D,15D2,16D2,17D2,18D,20D2,25D. The number of hydrogen-bond acceptors (Lipinski definition) is 5. The van der Waals surface area contributed by atoms with Crippen molar-refractivity contribution in [3.63, 3.8) is 0 Å². The van der Waals surface area contributed by atoms with E-state index in [-0.39, 0.29) is 0 Å². The number of hydrogen-bond donors (Lipinski definition) is 4. The molecule has 0 aliphatic rings. The Labute approximate surface area is 215 Å². The fourth-order valence-corrected chi connectivity index (χ4v) is 1.73. The topological polar surface area (TPSA) is 82.0 Å². The van der Waals surface area contributed by atoms with Gasteiger partial charge in [-0.15, -0.1) is 0 Å². The lowest BCUT2D eigenvalue weighted by molar-refractivity contribution is 0.126. The molecule has 0 saturated carbocycles. The summed E-state index contributed by atoms with van der Waals surface area (Å²) in [5.74, 6) is -1.37.